The van der Waals surface area contributed by atoms with Crippen LogP contribution in [0.2, 0.25) is 0 Å². The van der Waals surface area contributed by atoms with Gasteiger partial charge in [-0.2, -0.15) is 0 Å². The van der Waals surface area contributed by atoms with Gasteiger partial charge in [0.2, 0.25) is 11.8 Å². The minimum Gasteiger partial charge on any atom is -0.375 e. The van der Waals surface area contributed by atoms with E-state index in [0.717, 1.165) is 0 Å². The summed E-state index contributed by atoms with van der Waals surface area (Å²) in [5.74, 6) is -5.73. The number of anilines is 2. The summed E-state index contributed by atoms with van der Waals surface area (Å²) in [5.41, 5.74) is 7.52. The summed E-state index contributed by atoms with van der Waals surface area (Å²) in [5, 5.41) is 48.4. The van der Waals surface area contributed by atoms with Gasteiger partial charge in [-0.25, -0.2) is 10.3 Å². The van der Waals surface area contributed by atoms with Crippen LogP contribution in [0.25, 0.3) is 0 Å². The van der Waals surface area contributed by atoms with E-state index >= 15 is 0 Å². The number of nitrogens with two attached hydrogens (primary N) is 1. The Labute approximate surface area is 194 Å². The maximum atomic E-state index is 12.1. The SMILES string of the molecule is COC(c1ccccc1)C(O)(O)NC(O)(O)Cc1ccc(NC(=O)Cc2csc(N)n2)cc1. The summed E-state index contributed by atoms with van der Waals surface area (Å²) >= 11 is 1.26. The van der Waals surface area contributed by atoms with Crippen LogP contribution in [0.3, 0.4) is 0 Å². The molecule has 8 N–H and O–H groups in total. The number of benzene rings is 2. The Morgan fingerprint density at radius 1 is 1.12 bits per heavy atom. The number of rotatable bonds is 10. The first-order valence-electron chi connectivity index (χ1n) is 9.93. The van der Waals surface area contributed by atoms with Crippen LogP contribution < -0.4 is 16.4 Å². The van der Waals surface area contributed by atoms with Crippen molar-refractivity contribution in [3.05, 3.63) is 76.8 Å². The van der Waals surface area contributed by atoms with E-state index < -0.39 is 17.9 Å². The standard InChI is InChI=1S/C22H26N4O6S/c1-32-19(15-5-3-2-4-6-15)22(30,31)26-21(28,29)12-14-7-9-16(10-8-14)24-18(27)11-17-13-33-20(23)25-17/h2-10,13,19,26,28-31H,11-12H2,1H3,(H2,23,25)(H,24,27). The van der Waals surface area contributed by atoms with E-state index in [1.807, 2.05) is 5.32 Å². The van der Waals surface area contributed by atoms with Crippen LogP contribution in [-0.4, -0.2) is 50.2 Å². The average molecular weight is 475 g/mol. The van der Waals surface area contributed by atoms with Crippen LogP contribution in [0.15, 0.2) is 60.0 Å². The molecule has 3 rings (SSSR count). The maximum absolute atomic E-state index is 12.1. The lowest BCUT2D eigenvalue weighted by Crippen LogP contribution is -2.62. The van der Waals surface area contributed by atoms with Crippen molar-refractivity contribution >= 4 is 28.1 Å². The highest BCUT2D eigenvalue weighted by Crippen LogP contribution is 2.27. The highest BCUT2D eigenvalue weighted by molar-refractivity contribution is 7.13. The Kier molecular flexibility index (Phi) is 7.76. The molecule has 1 heterocycles. The number of carbonyl (C=O) groups is 1. The van der Waals surface area contributed by atoms with Crippen LogP contribution in [0, 0.1) is 0 Å². The number of thiazole rings is 1. The number of nitrogens with one attached hydrogen (secondary N) is 2. The van der Waals surface area contributed by atoms with Gasteiger partial charge in [-0.05, 0) is 23.3 Å². The van der Waals surface area contributed by atoms with E-state index in [9.17, 15) is 25.2 Å². The van der Waals surface area contributed by atoms with E-state index in [0.29, 0.717) is 27.6 Å². The Hall–Kier alpha value is -2.90. The van der Waals surface area contributed by atoms with Gasteiger partial charge < -0.3 is 36.2 Å². The fourth-order valence-corrected chi connectivity index (χ4v) is 3.89. The molecule has 3 aromatic rings. The minimum atomic E-state index is -2.79. The molecule has 176 valence electrons. The Bertz CT molecular complexity index is 1060. The molecule has 0 bridgehead atoms. The lowest BCUT2D eigenvalue weighted by Gasteiger charge is -2.36. The summed E-state index contributed by atoms with van der Waals surface area (Å²) < 4.78 is 5.16. The van der Waals surface area contributed by atoms with Gasteiger partial charge >= 0.3 is 0 Å². The summed E-state index contributed by atoms with van der Waals surface area (Å²) in [6.45, 7) is 0. The predicted octanol–water partition coefficient (Wildman–Crippen LogP) is 0.703. The Balaban J connectivity index is 1.60. The fraction of sp³-hybridized carbons (Fsp3) is 0.273. The van der Waals surface area contributed by atoms with Gasteiger partial charge in [-0.15, -0.1) is 11.3 Å². The van der Waals surface area contributed by atoms with Gasteiger partial charge in [-0.1, -0.05) is 42.5 Å². The molecule has 11 heteroatoms. The van der Waals surface area contributed by atoms with Crippen molar-refractivity contribution in [1.82, 2.24) is 10.3 Å². The first kappa shape index (κ1) is 24.7. The largest absolute Gasteiger partial charge is 0.375 e. The van der Waals surface area contributed by atoms with E-state index in [1.54, 1.807) is 60.0 Å². The molecule has 0 aliphatic carbocycles. The third kappa shape index (κ3) is 7.04. The van der Waals surface area contributed by atoms with E-state index in [-0.39, 0.29) is 18.7 Å². The number of nitrogens with zero attached hydrogens (tertiary/aromatic N) is 1. The normalized spacial score (nSPS) is 13.0. The van der Waals surface area contributed by atoms with Gasteiger partial charge in [0, 0.05) is 24.6 Å². The van der Waals surface area contributed by atoms with Gasteiger partial charge in [0.25, 0.3) is 5.91 Å². The van der Waals surface area contributed by atoms with Crippen LogP contribution in [0.1, 0.15) is 22.9 Å². The van der Waals surface area contributed by atoms with Crippen LogP contribution >= 0.6 is 11.3 Å². The van der Waals surface area contributed by atoms with Crippen molar-refractivity contribution in [2.75, 3.05) is 18.2 Å². The van der Waals surface area contributed by atoms with Gasteiger partial charge in [0.1, 0.15) is 0 Å². The second-order valence-corrected chi connectivity index (χ2v) is 8.36. The summed E-state index contributed by atoms with van der Waals surface area (Å²) in [4.78, 5) is 16.2. The van der Waals surface area contributed by atoms with Crippen LogP contribution in [-0.2, 0) is 22.4 Å². The molecule has 0 saturated carbocycles. The fourth-order valence-electron chi connectivity index (χ4n) is 3.33. The minimum absolute atomic E-state index is 0.0763. The predicted molar refractivity (Wildman–Crippen MR) is 123 cm³/mol. The number of hydrogen-bond acceptors (Lipinski definition) is 10. The van der Waals surface area contributed by atoms with Gasteiger partial charge in [0.05, 0.1) is 12.1 Å². The zero-order valence-corrected chi connectivity index (χ0v) is 18.6. The quantitative estimate of drug-likeness (QED) is 0.209. The topological polar surface area (TPSA) is 170 Å². The zero-order valence-electron chi connectivity index (χ0n) is 17.8. The third-order valence-corrected chi connectivity index (χ3v) is 5.41. The number of ether oxygens (including phenoxy) is 1. The lowest BCUT2D eigenvalue weighted by atomic mass is 10.0. The number of aliphatic hydroxyl groups is 4. The van der Waals surface area contributed by atoms with Crippen molar-refractivity contribution in [3.8, 4) is 0 Å². The molecule has 1 unspecified atom stereocenters. The maximum Gasteiger partial charge on any atom is 0.258 e. The van der Waals surface area contributed by atoms with E-state index in [1.165, 1.54) is 18.4 Å². The molecule has 2 aromatic carbocycles. The molecule has 0 aliphatic rings. The number of methoxy groups -OCH3 is 1. The smallest absolute Gasteiger partial charge is 0.258 e. The molecule has 1 aromatic heterocycles. The van der Waals surface area contributed by atoms with Crippen LogP contribution in [0.4, 0.5) is 10.8 Å². The van der Waals surface area contributed by atoms with Gasteiger partial charge in [0.15, 0.2) is 11.2 Å². The van der Waals surface area contributed by atoms with Crippen molar-refractivity contribution < 1.29 is 30.0 Å². The molecule has 33 heavy (non-hydrogen) atoms. The van der Waals surface area contributed by atoms with Gasteiger partial charge in [-0.3, -0.25) is 4.79 Å². The monoisotopic (exact) mass is 474 g/mol. The molecule has 0 spiro atoms. The molecule has 0 saturated heterocycles. The molecule has 1 atom stereocenters. The Morgan fingerprint density at radius 2 is 1.79 bits per heavy atom. The van der Waals surface area contributed by atoms with Crippen molar-refractivity contribution in [1.29, 1.82) is 0 Å². The molecule has 0 aliphatic heterocycles. The highest BCUT2D eigenvalue weighted by Gasteiger charge is 2.42. The second kappa shape index (κ2) is 10.4. The molecule has 0 radical (unpaired) electrons. The molecule has 0 fully saturated rings. The number of hydrogen-bond donors (Lipinski definition) is 7. The number of carbonyl (C=O) groups excluding carboxylic acids is 1. The number of nitrogen functional groups attached to an aromatic ring is 1. The van der Waals surface area contributed by atoms with Crippen LogP contribution in [0.5, 0.6) is 0 Å². The van der Waals surface area contributed by atoms with Crippen molar-refractivity contribution in [2.45, 2.75) is 30.8 Å². The average Bonchev–Trinajstić information content (AvgIpc) is 3.14. The second-order valence-electron chi connectivity index (χ2n) is 7.47. The lowest BCUT2D eigenvalue weighted by molar-refractivity contribution is -0.320. The number of amides is 1. The third-order valence-electron chi connectivity index (χ3n) is 4.69. The summed E-state index contributed by atoms with van der Waals surface area (Å²) in [6, 6.07) is 14.7. The summed E-state index contributed by atoms with van der Waals surface area (Å²) in [7, 11) is 1.27. The molecular weight excluding hydrogens is 448 g/mol. The Morgan fingerprint density at radius 3 is 2.36 bits per heavy atom. The van der Waals surface area contributed by atoms with Crippen molar-refractivity contribution in [2.24, 2.45) is 0 Å². The molecule has 10 nitrogen and oxygen atoms in total. The zero-order chi connectivity index (χ0) is 24.1. The van der Waals surface area contributed by atoms with Crippen molar-refractivity contribution in [3.63, 3.8) is 0 Å². The summed E-state index contributed by atoms with van der Waals surface area (Å²) in [6.07, 6.45) is -1.59. The number of aromatic nitrogens is 1. The highest BCUT2D eigenvalue weighted by atomic mass is 32.1. The first-order valence-corrected chi connectivity index (χ1v) is 10.8. The van der Waals surface area contributed by atoms with E-state index in [2.05, 4.69) is 10.3 Å². The molecule has 1 amide bonds. The first-order chi connectivity index (χ1) is 15.6. The van der Waals surface area contributed by atoms with E-state index in [4.69, 9.17) is 10.5 Å². The molecular formula is C22H26N4O6S.